The zero-order valence-electron chi connectivity index (χ0n) is 11.3. The summed E-state index contributed by atoms with van der Waals surface area (Å²) in [5, 5.41) is 11.3. The van der Waals surface area contributed by atoms with Crippen molar-refractivity contribution >= 4 is 0 Å². The molecular weight excluding hydrogens is 252 g/mol. The highest BCUT2D eigenvalue weighted by molar-refractivity contribution is 5.34. The van der Waals surface area contributed by atoms with Gasteiger partial charge < -0.3 is 9.88 Å². The zero-order valence-corrected chi connectivity index (χ0v) is 11.3. The maximum Gasteiger partial charge on any atom is 0.0991 e. The first-order valence-electron chi connectivity index (χ1n) is 6.46. The Hall–Kier alpha value is -2.47. The van der Waals surface area contributed by atoms with Gasteiger partial charge in [-0.25, -0.2) is 9.67 Å². The van der Waals surface area contributed by atoms with Gasteiger partial charge in [-0.15, -0.1) is 5.10 Å². The third-order valence-electron chi connectivity index (χ3n) is 3.03. The maximum absolute atomic E-state index is 4.11. The highest BCUT2D eigenvalue weighted by atomic mass is 15.4. The van der Waals surface area contributed by atoms with E-state index in [4.69, 9.17) is 0 Å². The van der Waals surface area contributed by atoms with E-state index in [1.165, 1.54) is 5.56 Å². The summed E-state index contributed by atoms with van der Waals surface area (Å²) in [4.78, 5) is 4.04. The van der Waals surface area contributed by atoms with E-state index in [9.17, 15) is 0 Å². The topological polar surface area (TPSA) is 60.6 Å². The molecule has 1 N–H and O–H groups in total. The van der Waals surface area contributed by atoms with Crippen LogP contribution in [0.4, 0.5) is 0 Å². The van der Waals surface area contributed by atoms with Gasteiger partial charge in [0.2, 0.25) is 0 Å². The molecule has 0 saturated heterocycles. The van der Waals surface area contributed by atoms with Crippen LogP contribution in [0.5, 0.6) is 0 Å². The normalized spacial score (nSPS) is 10.8. The van der Waals surface area contributed by atoms with Crippen molar-refractivity contribution in [2.24, 2.45) is 0 Å². The van der Waals surface area contributed by atoms with E-state index in [0.717, 1.165) is 24.5 Å². The van der Waals surface area contributed by atoms with Crippen LogP contribution in [0.3, 0.4) is 0 Å². The lowest BCUT2D eigenvalue weighted by atomic mass is 10.2. The van der Waals surface area contributed by atoms with E-state index in [1.54, 1.807) is 12.5 Å². The summed E-state index contributed by atoms with van der Waals surface area (Å²) in [5.74, 6) is 0. The van der Waals surface area contributed by atoms with Crippen LogP contribution in [0.1, 0.15) is 11.3 Å². The number of aromatic nitrogens is 5. The van der Waals surface area contributed by atoms with E-state index in [2.05, 4.69) is 44.9 Å². The first kappa shape index (κ1) is 12.6. The Morgan fingerprint density at radius 3 is 2.75 bits per heavy atom. The molecule has 0 bridgehead atoms. The molecule has 0 saturated carbocycles. The molecule has 0 aliphatic rings. The number of imidazole rings is 1. The molecular formula is C14H16N6. The summed E-state index contributed by atoms with van der Waals surface area (Å²) < 4.78 is 3.82. The molecule has 0 aliphatic carbocycles. The largest absolute Gasteiger partial charge is 0.314 e. The van der Waals surface area contributed by atoms with Crippen molar-refractivity contribution in [1.29, 1.82) is 0 Å². The fourth-order valence-electron chi connectivity index (χ4n) is 2.05. The van der Waals surface area contributed by atoms with Gasteiger partial charge in [-0.2, -0.15) is 0 Å². The van der Waals surface area contributed by atoms with Gasteiger partial charge in [0.15, 0.2) is 0 Å². The minimum atomic E-state index is 0.723. The lowest BCUT2D eigenvalue weighted by Crippen LogP contribution is -2.05. The average Bonchev–Trinajstić information content (AvgIpc) is 3.12. The van der Waals surface area contributed by atoms with Crippen LogP contribution < -0.4 is 5.32 Å². The zero-order chi connectivity index (χ0) is 13.8. The molecule has 0 spiro atoms. The van der Waals surface area contributed by atoms with Crippen LogP contribution in [0.15, 0.2) is 49.2 Å². The monoisotopic (exact) mass is 268 g/mol. The molecule has 0 fully saturated rings. The first-order valence-corrected chi connectivity index (χ1v) is 6.46. The van der Waals surface area contributed by atoms with Gasteiger partial charge in [0, 0.05) is 24.6 Å². The quantitative estimate of drug-likeness (QED) is 0.756. The fraction of sp³-hybridized carbons (Fsp3) is 0.214. The van der Waals surface area contributed by atoms with Crippen LogP contribution in [-0.4, -0.2) is 31.6 Å². The standard InChI is InChI=1S/C14H16N6/c1-15-8-13-10-20(18-17-13)9-12-2-4-14(5-3-12)19-7-6-16-11-19/h2-7,10-11,15H,8-9H2,1H3. The van der Waals surface area contributed by atoms with Crippen molar-refractivity contribution < 1.29 is 0 Å². The Kier molecular flexibility index (Phi) is 3.56. The molecule has 6 heteroatoms. The smallest absolute Gasteiger partial charge is 0.0991 e. The fourth-order valence-corrected chi connectivity index (χ4v) is 2.05. The number of nitrogens with zero attached hydrogens (tertiary/aromatic N) is 5. The number of benzene rings is 1. The van der Waals surface area contributed by atoms with Crippen molar-refractivity contribution in [2.75, 3.05) is 7.05 Å². The molecule has 0 unspecified atom stereocenters. The van der Waals surface area contributed by atoms with Crippen LogP contribution in [0, 0.1) is 0 Å². The number of rotatable bonds is 5. The summed E-state index contributed by atoms with van der Waals surface area (Å²) in [6, 6.07) is 8.33. The van der Waals surface area contributed by atoms with Crippen molar-refractivity contribution in [3.8, 4) is 5.69 Å². The Balaban J connectivity index is 1.71. The highest BCUT2D eigenvalue weighted by Gasteiger charge is 2.01. The molecule has 6 nitrogen and oxygen atoms in total. The van der Waals surface area contributed by atoms with Crippen LogP contribution in [0.2, 0.25) is 0 Å². The molecule has 0 amide bonds. The van der Waals surface area contributed by atoms with Crippen molar-refractivity contribution in [3.63, 3.8) is 0 Å². The summed E-state index contributed by atoms with van der Waals surface area (Å²) in [7, 11) is 1.90. The van der Waals surface area contributed by atoms with E-state index < -0.39 is 0 Å². The molecule has 102 valence electrons. The minimum Gasteiger partial charge on any atom is -0.314 e. The van der Waals surface area contributed by atoms with Crippen molar-refractivity contribution in [2.45, 2.75) is 13.1 Å². The molecule has 3 rings (SSSR count). The second-order valence-electron chi connectivity index (χ2n) is 4.57. The third kappa shape index (κ3) is 2.75. The second-order valence-corrected chi connectivity index (χ2v) is 4.57. The van der Waals surface area contributed by atoms with Crippen LogP contribution >= 0.6 is 0 Å². The molecule has 2 aromatic heterocycles. The van der Waals surface area contributed by atoms with Gasteiger partial charge in [-0.05, 0) is 24.7 Å². The Morgan fingerprint density at radius 1 is 1.20 bits per heavy atom. The molecule has 3 aromatic rings. The molecule has 20 heavy (non-hydrogen) atoms. The van der Waals surface area contributed by atoms with E-state index in [-0.39, 0.29) is 0 Å². The molecule has 0 atom stereocenters. The highest BCUT2D eigenvalue weighted by Crippen LogP contribution is 2.10. The average molecular weight is 268 g/mol. The molecule has 1 aromatic carbocycles. The molecule has 0 radical (unpaired) electrons. The number of hydrogen-bond donors (Lipinski definition) is 1. The van der Waals surface area contributed by atoms with Crippen LogP contribution in [0.25, 0.3) is 5.69 Å². The van der Waals surface area contributed by atoms with E-state index >= 15 is 0 Å². The van der Waals surface area contributed by atoms with Crippen molar-refractivity contribution in [1.82, 2.24) is 29.9 Å². The summed E-state index contributed by atoms with van der Waals surface area (Å²) in [6.07, 6.45) is 7.44. The minimum absolute atomic E-state index is 0.723. The summed E-state index contributed by atoms with van der Waals surface area (Å²) in [6.45, 7) is 1.46. The molecule has 2 heterocycles. The van der Waals surface area contributed by atoms with E-state index in [1.807, 2.05) is 28.7 Å². The third-order valence-corrected chi connectivity index (χ3v) is 3.03. The van der Waals surface area contributed by atoms with Gasteiger partial charge in [-0.1, -0.05) is 17.3 Å². The van der Waals surface area contributed by atoms with Gasteiger partial charge in [0.25, 0.3) is 0 Å². The number of hydrogen-bond acceptors (Lipinski definition) is 4. The predicted octanol–water partition coefficient (Wildman–Crippen LogP) is 1.23. The maximum atomic E-state index is 4.11. The van der Waals surface area contributed by atoms with E-state index in [0.29, 0.717) is 0 Å². The van der Waals surface area contributed by atoms with Gasteiger partial charge >= 0.3 is 0 Å². The van der Waals surface area contributed by atoms with Crippen LogP contribution in [-0.2, 0) is 13.1 Å². The second kappa shape index (κ2) is 5.66. The Morgan fingerprint density at radius 2 is 2.05 bits per heavy atom. The Bertz CT molecular complexity index is 653. The number of nitrogens with one attached hydrogen (secondary N) is 1. The lowest BCUT2D eigenvalue weighted by molar-refractivity contribution is 0.648. The predicted molar refractivity (Wildman–Crippen MR) is 75.5 cm³/mol. The van der Waals surface area contributed by atoms with Gasteiger partial charge in [0.1, 0.15) is 0 Å². The van der Waals surface area contributed by atoms with Gasteiger partial charge in [-0.3, -0.25) is 0 Å². The summed E-state index contributed by atoms with van der Waals surface area (Å²) >= 11 is 0. The SMILES string of the molecule is CNCc1cn(Cc2ccc(-n3ccnc3)cc2)nn1. The first-order chi connectivity index (χ1) is 9.85. The van der Waals surface area contributed by atoms with Gasteiger partial charge in [0.05, 0.1) is 24.8 Å². The van der Waals surface area contributed by atoms with Crippen molar-refractivity contribution in [3.05, 3.63) is 60.4 Å². The Labute approximate surface area is 117 Å². The molecule has 0 aliphatic heterocycles. The lowest BCUT2D eigenvalue weighted by Gasteiger charge is -2.04. The summed E-state index contributed by atoms with van der Waals surface area (Å²) in [5.41, 5.74) is 3.23.